The van der Waals surface area contributed by atoms with E-state index in [1.54, 1.807) is 0 Å². The molecule has 21 heavy (non-hydrogen) atoms. The average Bonchev–Trinajstić information content (AvgIpc) is 2.51. The largest absolute Gasteiger partial charge is 0.396 e. The van der Waals surface area contributed by atoms with E-state index in [9.17, 15) is 0 Å². The van der Waals surface area contributed by atoms with Crippen molar-refractivity contribution in [2.45, 2.75) is 51.2 Å². The Morgan fingerprint density at radius 1 is 1.33 bits per heavy atom. The van der Waals surface area contributed by atoms with Crippen LogP contribution in [0, 0.1) is 0 Å². The van der Waals surface area contributed by atoms with Crippen LogP contribution in [0.4, 0.5) is 0 Å². The molecule has 1 aliphatic rings. The molecule has 0 saturated carbocycles. The molecule has 0 amide bonds. The van der Waals surface area contributed by atoms with Crippen LogP contribution in [0.15, 0.2) is 24.3 Å². The number of hydrogen-bond donors (Lipinski definition) is 2. The van der Waals surface area contributed by atoms with Gasteiger partial charge >= 0.3 is 0 Å². The van der Waals surface area contributed by atoms with E-state index in [1.807, 2.05) is 12.1 Å². The Hall–Kier alpha value is -0.610. The summed E-state index contributed by atoms with van der Waals surface area (Å²) in [6.07, 6.45) is 4.29. The van der Waals surface area contributed by atoms with Gasteiger partial charge in [0.15, 0.2) is 0 Å². The third-order valence-corrected chi connectivity index (χ3v) is 4.75. The molecule has 0 aliphatic carbocycles. The van der Waals surface area contributed by atoms with E-state index in [-0.39, 0.29) is 6.61 Å². The van der Waals surface area contributed by atoms with Gasteiger partial charge in [0.1, 0.15) is 0 Å². The molecule has 1 aromatic carbocycles. The summed E-state index contributed by atoms with van der Waals surface area (Å²) in [5.41, 5.74) is 1.22. The van der Waals surface area contributed by atoms with E-state index in [0.717, 1.165) is 37.5 Å². The van der Waals surface area contributed by atoms with Gasteiger partial charge in [0, 0.05) is 30.3 Å². The van der Waals surface area contributed by atoms with Crippen LogP contribution in [0.25, 0.3) is 0 Å². The number of benzene rings is 1. The number of nitrogens with zero attached hydrogens (tertiary/aromatic N) is 1. The van der Waals surface area contributed by atoms with Crippen molar-refractivity contribution in [3.05, 3.63) is 34.9 Å². The Labute approximate surface area is 133 Å². The smallest absolute Gasteiger partial charge is 0.0451 e. The predicted molar refractivity (Wildman–Crippen MR) is 88.7 cm³/mol. The Kier molecular flexibility index (Phi) is 6.97. The Balaban J connectivity index is 1.77. The van der Waals surface area contributed by atoms with Crippen LogP contribution in [0.2, 0.25) is 5.02 Å². The zero-order valence-corrected chi connectivity index (χ0v) is 13.6. The molecule has 0 spiro atoms. The number of halogens is 1. The quantitative estimate of drug-likeness (QED) is 0.812. The van der Waals surface area contributed by atoms with Crippen molar-refractivity contribution in [2.75, 3.05) is 19.7 Å². The van der Waals surface area contributed by atoms with Crippen LogP contribution in [-0.4, -0.2) is 41.8 Å². The molecule has 1 saturated heterocycles. The molecule has 1 heterocycles. The fraction of sp³-hybridized carbons (Fsp3) is 0.647. The number of hydrogen-bond acceptors (Lipinski definition) is 3. The minimum atomic E-state index is 0.275. The van der Waals surface area contributed by atoms with Gasteiger partial charge in [-0.25, -0.2) is 0 Å². The predicted octanol–water partition coefficient (Wildman–Crippen LogP) is 3.06. The van der Waals surface area contributed by atoms with Crippen molar-refractivity contribution < 1.29 is 5.11 Å². The molecule has 1 aromatic rings. The van der Waals surface area contributed by atoms with E-state index >= 15 is 0 Å². The van der Waals surface area contributed by atoms with Gasteiger partial charge < -0.3 is 10.4 Å². The number of rotatable bonds is 7. The molecular weight excluding hydrogens is 284 g/mol. The number of aliphatic hydroxyl groups excluding tert-OH is 1. The van der Waals surface area contributed by atoms with Gasteiger partial charge in [-0.1, -0.05) is 36.7 Å². The van der Waals surface area contributed by atoms with Gasteiger partial charge in [-0.3, -0.25) is 4.90 Å². The summed E-state index contributed by atoms with van der Waals surface area (Å²) in [6.45, 7) is 5.62. The Morgan fingerprint density at radius 3 is 2.67 bits per heavy atom. The molecule has 1 fully saturated rings. The zero-order chi connectivity index (χ0) is 15.1. The summed E-state index contributed by atoms with van der Waals surface area (Å²) < 4.78 is 0. The molecule has 1 aliphatic heterocycles. The maximum absolute atomic E-state index is 9.07. The second-order valence-electron chi connectivity index (χ2n) is 5.93. The van der Waals surface area contributed by atoms with Crippen molar-refractivity contribution in [3.63, 3.8) is 0 Å². The lowest BCUT2D eigenvalue weighted by atomic mass is 10.0. The zero-order valence-electron chi connectivity index (χ0n) is 12.9. The first-order chi connectivity index (χ1) is 10.2. The van der Waals surface area contributed by atoms with Crippen LogP contribution in [-0.2, 0) is 6.54 Å². The Morgan fingerprint density at radius 2 is 2.05 bits per heavy atom. The summed E-state index contributed by atoms with van der Waals surface area (Å²) in [5.74, 6) is 0. The molecule has 118 valence electrons. The minimum absolute atomic E-state index is 0.275. The monoisotopic (exact) mass is 310 g/mol. The maximum Gasteiger partial charge on any atom is 0.0451 e. The number of nitrogens with one attached hydrogen (secondary N) is 1. The second-order valence-corrected chi connectivity index (χ2v) is 6.33. The highest BCUT2D eigenvalue weighted by atomic mass is 35.5. The molecule has 3 nitrogen and oxygen atoms in total. The van der Waals surface area contributed by atoms with Crippen LogP contribution < -0.4 is 5.32 Å². The average molecular weight is 311 g/mol. The van der Waals surface area contributed by atoms with E-state index in [2.05, 4.69) is 29.3 Å². The van der Waals surface area contributed by atoms with Crippen molar-refractivity contribution in [1.29, 1.82) is 0 Å². The second kappa shape index (κ2) is 8.74. The lowest BCUT2D eigenvalue weighted by Crippen LogP contribution is -2.46. The van der Waals surface area contributed by atoms with E-state index in [1.165, 1.54) is 18.4 Å². The SMILES string of the molecule is CCC(CCO)NC1CCN(Cc2ccccc2Cl)CC1. The number of aliphatic hydroxyl groups is 1. The van der Waals surface area contributed by atoms with Crippen molar-refractivity contribution in [1.82, 2.24) is 10.2 Å². The van der Waals surface area contributed by atoms with Gasteiger partial charge in [-0.05, 0) is 50.4 Å². The third-order valence-electron chi connectivity index (χ3n) is 4.38. The van der Waals surface area contributed by atoms with E-state index in [0.29, 0.717) is 12.1 Å². The topological polar surface area (TPSA) is 35.5 Å². The van der Waals surface area contributed by atoms with Gasteiger partial charge in [-0.15, -0.1) is 0 Å². The van der Waals surface area contributed by atoms with Crippen molar-refractivity contribution >= 4 is 11.6 Å². The summed E-state index contributed by atoms with van der Waals surface area (Å²) in [4.78, 5) is 2.48. The van der Waals surface area contributed by atoms with Gasteiger partial charge in [0.05, 0.1) is 0 Å². The number of likely N-dealkylation sites (tertiary alicyclic amines) is 1. The summed E-state index contributed by atoms with van der Waals surface area (Å²) in [7, 11) is 0. The first kappa shape index (κ1) is 16.8. The maximum atomic E-state index is 9.07. The molecule has 0 bridgehead atoms. The highest BCUT2D eigenvalue weighted by Gasteiger charge is 2.21. The third kappa shape index (κ3) is 5.26. The molecule has 2 rings (SSSR count). The Bertz CT molecular complexity index is 419. The first-order valence-corrected chi connectivity index (χ1v) is 8.43. The molecule has 1 atom stereocenters. The van der Waals surface area contributed by atoms with Gasteiger partial charge in [0.25, 0.3) is 0 Å². The molecule has 0 aromatic heterocycles. The van der Waals surface area contributed by atoms with E-state index in [4.69, 9.17) is 16.7 Å². The highest BCUT2D eigenvalue weighted by Crippen LogP contribution is 2.20. The van der Waals surface area contributed by atoms with Crippen molar-refractivity contribution in [2.24, 2.45) is 0 Å². The summed E-state index contributed by atoms with van der Waals surface area (Å²) in [5, 5.41) is 13.6. The normalized spacial score (nSPS) is 18.8. The summed E-state index contributed by atoms with van der Waals surface area (Å²) in [6, 6.07) is 9.15. The van der Waals surface area contributed by atoms with Crippen molar-refractivity contribution in [3.8, 4) is 0 Å². The minimum Gasteiger partial charge on any atom is -0.396 e. The van der Waals surface area contributed by atoms with Gasteiger partial charge in [-0.2, -0.15) is 0 Å². The fourth-order valence-corrected chi connectivity index (χ4v) is 3.22. The fourth-order valence-electron chi connectivity index (χ4n) is 3.02. The lowest BCUT2D eigenvalue weighted by molar-refractivity contribution is 0.176. The van der Waals surface area contributed by atoms with Crippen LogP contribution in [0.1, 0.15) is 38.2 Å². The highest BCUT2D eigenvalue weighted by molar-refractivity contribution is 6.31. The van der Waals surface area contributed by atoms with Crippen LogP contribution in [0.3, 0.4) is 0 Å². The molecule has 0 radical (unpaired) electrons. The van der Waals surface area contributed by atoms with Crippen LogP contribution >= 0.6 is 11.6 Å². The molecule has 2 N–H and O–H groups in total. The van der Waals surface area contributed by atoms with E-state index < -0.39 is 0 Å². The summed E-state index contributed by atoms with van der Waals surface area (Å²) >= 11 is 6.23. The molecular formula is C17H27ClN2O. The van der Waals surface area contributed by atoms with Gasteiger partial charge in [0.2, 0.25) is 0 Å². The lowest BCUT2D eigenvalue weighted by Gasteiger charge is -2.34. The molecule has 4 heteroatoms. The standard InChI is InChI=1S/C17H27ClN2O/c1-2-15(9-12-21)19-16-7-10-20(11-8-16)13-14-5-3-4-6-17(14)18/h3-6,15-16,19,21H,2,7-13H2,1H3. The number of piperidine rings is 1. The van der Waals surface area contributed by atoms with Crippen LogP contribution in [0.5, 0.6) is 0 Å². The molecule has 1 unspecified atom stereocenters. The first-order valence-electron chi connectivity index (χ1n) is 8.05.